The molecule has 3 rings (SSSR count). The lowest BCUT2D eigenvalue weighted by Gasteiger charge is -2.08. The second-order valence-electron chi connectivity index (χ2n) is 4.64. The molecule has 0 spiro atoms. The van der Waals surface area contributed by atoms with Crippen LogP contribution in [-0.2, 0) is 4.79 Å². The number of ether oxygens (including phenoxy) is 2. The summed E-state index contributed by atoms with van der Waals surface area (Å²) in [4.78, 5) is 25.5. The lowest BCUT2D eigenvalue weighted by Crippen LogP contribution is -2.27. The van der Waals surface area contributed by atoms with Crippen molar-refractivity contribution in [2.24, 2.45) is 0 Å². The summed E-state index contributed by atoms with van der Waals surface area (Å²) in [7, 11) is 0. The van der Waals surface area contributed by atoms with Gasteiger partial charge in [0.15, 0.2) is 11.5 Å². The van der Waals surface area contributed by atoms with Crippen molar-refractivity contribution in [2.75, 3.05) is 13.3 Å². The molecule has 0 radical (unpaired) electrons. The van der Waals surface area contributed by atoms with Crippen LogP contribution < -0.4 is 9.47 Å². The SMILES string of the molecule is C=CCN1C(=O)S/C(=C/c2cc3c(cc2C)OCO3)C1=O. The van der Waals surface area contributed by atoms with Crippen molar-refractivity contribution < 1.29 is 19.1 Å². The third-order valence-corrected chi connectivity index (χ3v) is 4.14. The minimum absolute atomic E-state index is 0.202. The van der Waals surface area contributed by atoms with Gasteiger partial charge in [-0.05, 0) is 48.0 Å². The zero-order valence-electron chi connectivity index (χ0n) is 11.4. The third-order valence-electron chi connectivity index (χ3n) is 3.23. The molecule has 1 fully saturated rings. The summed E-state index contributed by atoms with van der Waals surface area (Å²) in [6.45, 7) is 5.90. The molecule has 0 saturated carbocycles. The highest BCUT2D eigenvalue weighted by Gasteiger charge is 2.34. The van der Waals surface area contributed by atoms with E-state index in [-0.39, 0.29) is 24.5 Å². The van der Waals surface area contributed by atoms with Gasteiger partial charge in [-0.15, -0.1) is 6.58 Å². The van der Waals surface area contributed by atoms with E-state index in [1.165, 1.54) is 11.0 Å². The Morgan fingerprint density at radius 3 is 2.76 bits per heavy atom. The van der Waals surface area contributed by atoms with Gasteiger partial charge in [0.2, 0.25) is 6.79 Å². The zero-order chi connectivity index (χ0) is 15.0. The maximum atomic E-state index is 12.2. The van der Waals surface area contributed by atoms with Crippen LogP contribution in [-0.4, -0.2) is 29.4 Å². The highest BCUT2D eigenvalue weighted by atomic mass is 32.2. The summed E-state index contributed by atoms with van der Waals surface area (Å²) in [5, 5.41) is -0.274. The standard InChI is InChI=1S/C15H13NO4S/c1-3-4-16-14(17)13(21-15(16)18)7-10-6-12-11(5-9(10)2)19-8-20-12/h3,5-7H,1,4,8H2,2H3/b13-7+. The molecule has 0 atom stereocenters. The molecule has 2 aliphatic rings. The summed E-state index contributed by atoms with van der Waals surface area (Å²) in [5.41, 5.74) is 1.79. The molecule has 2 heterocycles. The predicted octanol–water partition coefficient (Wildman–Crippen LogP) is 2.95. The maximum Gasteiger partial charge on any atom is 0.293 e. The third kappa shape index (κ3) is 2.42. The number of nitrogens with zero attached hydrogens (tertiary/aromatic N) is 1. The van der Waals surface area contributed by atoms with Crippen LogP contribution >= 0.6 is 11.8 Å². The van der Waals surface area contributed by atoms with Crippen LogP contribution in [0.25, 0.3) is 6.08 Å². The fourth-order valence-electron chi connectivity index (χ4n) is 2.14. The number of carbonyl (C=O) groups is 2. The molecular weight excluding hydrogens is 290 g/mol. The molecule has 2 amide bonds. The van der Waals surface area contributed by atoms with Crippen LogP contribution in [0.5, 0.6) is 11.5 Å². The quantitative estimate of drug-likeness (QED) is 0.635. The first-order chi connectivity index (χ1) is 10.1. The molecule has 1 aromatic carbocycles. The van der Waals surface area contributed by atoms with Crippen LogP contribution in [0.4, 0.5) is 4.79 Å². The molecule has 0 N–H and O–H groups in total. The van der Waals surface area contributed by atoms with Gasteiger partial charge in [-0.25, -0.2) is 0 Å². The van der Waals surface area contributed by atoms with E-state index >= 15 is 0 Å². The second kappa shape index (κ2) is 5.29. The van der Waals surface area contributed by atoms with E-state index in [0.29, 0.717) is 16.4 Å². The van der Waals surface area contributed by atoms with E-state index in [9.17, 15) is 9.59 Å². The van der Waals surface area contributed by atoms with Crippen LogP contribution in [0.15, 0.2) is 29.7 Å². The summed E-state index contributed by atoms with van der Waals surface area (Å²) >= 11 is 0.937. The van der Waals surface area contributed by atoms with Gasteiger partial charge < -0.3 is 9.47 Å². The highest BCUT2D eigenvalue weighted by Crippen LogP contribution is 2.37. The first kappa shape index (κ1) is 13.8. The van der Waals surface area contributed by atoms with Crippen molar-refractivity contribution in [3.05, 3.63) is 40.8 Å². The smallest absolute Gasteiger partial charge is 0.293 e. The lowest BCUT2D eigenvalue weighted by atomic mass is 10.1. The molecular formula is C15H13NO4S. The molecule has 0 bridgehead atoms. The number of hydrogen-bond acceptors (Lipinski definition) is 5. The molecule has 0 aromatic heterocycles. The Hall–Kier alpha value is -2.21. The van der Waals surface area contributed by atoms with Crippen LogP contribution in [0.2, 0.25) is 0 Å². The number of aryl methyl sites for hydroxylation is 1. The van der Waals surface area contributed by atoms with Crippen LogP contribution in [0.1, 0.15) is 11.1 Å². The Kier molecular flexibility index (Phi) is 3.47. The Morgan fingerprint density at radius 1 is 1.33 bits per heavy atom. The van der Waals surface area contributed by atoms with Crippen molar-refractivity contribution in [2.45, 2.75) is 6.92 Å². The van der Waals surface area contributed by atoms with Gasteiger partial charge >= 0.3 is 0 Å². The minimum atomic E-state index is -0.290. The van der Waals surface area contributed by atoms with Crippen LogP contribution in [0.3, 0.4) is 0 Å². The van der Waals surface area contributed by atoms with Crippen LogP contribution in [0, 0.1) is 6.92 Å². The average Bonchev–Trinajstić information content (AvgIpc) is 2.99. The normalized spacial score (nSPS) is 18.7. The monoisotopic (exact) mass is 303 g/mol. The molecule has 0 unspecified atom stereocenters. The topological polar surface area (TPSA) is 55.8 Å². The van der Waals surface area contributed by atoms with Crippen molar-refractivity contribution >= 4 is 29.0 Å². The molecule has 1 saturated heterocycles. The van der Waals surface area contributed by atoms with Crippen molar-refractivity contribution in [1.29, 1.82) is 0 Å². The van der Waals surface area contributed by atoms with Gasteiger partial charge in [-0.1, -0.05) is 6.08 Å². The summed E-state index contributed by atoms with van der Waals surface area (Å²) in [6.07, 6.45) is 3.25. The second-order valence-corrected chi connectivity index (χ2v) is 5.64. The van der Waals surface area contributed by atoms with E-state index < -0.39 is 0 Å². The maximum absolute atomic E-state index is 12.2. The number of carbonyl (C=O) groups excluding carboxylic acids is 2. The number of rotatable bonds is 3. The fourth-order valence-corrected chi connectivity index (χ4v) is 2.98. The van der Waals surface area contributed by atoms with E-state index in [0.717, 1.165) is 22.9 Å². The predicted molar refractivity (Wildman–Crippen MR) is 80.2 cm³/mol. The number of hydrogen-bond donors (Lipinski definition) is 0. The van der Waals surface area contributed by atoms with E-state index in [2.05, 4.69) is 6.58 Å². The van der Waals surface area contributed by atoms with Crippen molar-refractivity contribution in [3.63, 3.8) is 0 Å². The molecule has 2 aliphatic heterocycles. The Morgan fingerprint density at radius 2 is 2.05 bits per heavy atom. The molecule has 5 nitrogen and oxygen atoms in total. The average molecular weight is 303 g/mol. The molecule has 0 aliphatic carbocycles. The van der Waals surface area contributed by atoms with E-state index in [1.807, 2.05) is 19.1 Å². The zero-order valence-corrected chi connectivity index (χ0v) is 12.2. The van der Waals surface area contributed by atoms with E-state index in [4.69, 9.17) is 9.47 Å². The minimum Gasteiger partial charge on any atom is -0.454 e. The number of benzene rings is 1. The first-order valence-electron chi connectivity index (χ1n) is 6.36. The Balaban J connectivity index is 1.94. The summed E-state index contributed by atoms with van der Waals surface area (Å²) in [5.74, 6) is 1.06. The molecule has 6 heteroatoms. The number of thioether (sulfide) groups is 1. The number of imide groups is 1. The van der Waals surface area contributed by atoms with Gasteiger partial charge in [0, 0.05) is 6.54 Å². The van der Waals surface area contributed by atoms with Gasteiger partial charge in [0.1, 0.15) is 0 Å². The molecule has 21 heavy (non-hydrogen) atoms. The molecule has 1 aromatic rings. The highest BCUT2D eigenvalue weighted by molar-refractivity contribution is 8.18. The molecule has 108 valence electrons. The summed E-state index contributed by atoms with van der Waals surface area (Å²) in [6, 6.07) is 3.68. The Bertz CT molecular complexity index is 680. The number of fused-ring (bicyclic) bond motifs is 1. The van der Waals surface area contributed by atoms with Gasteiger partial charge in [0.25, 0.3) is 11.1 Å². The van der Waals surface area contributed by atoms with Gasteiger partial charge in [-0.2, -0.15) is 0 Å². The van der Waals surface area contributed by atoms with Crippen molar-refractivity contribution in [3.8, 4) is 11.5 Å². The first-order valence-corrected chi connectivity index (χ1v) is 7.18. The van der Waals surface area contributed by atoms with Crippen molar-refractivity contribution in [1.82, 2.24) is 4.90 Å². The largest absolute Gasteiger partial charge is 0.454 e. The lowest BCUT2D eigenvalue weighted by molar-refractivity contribution is -0.122. The number of amides is 2. The summed E-state index contributed by atoms with van der Waals surface area (Å²) < 4.78 is 10.6. The Labute approximate surface area is 126 Å². The fraction of sp³-hybridized carbons (Fsp3) is 0.200. The van der Waals surface area contributed by atoms with E-state index in [1.54, 1.807) is 6.08 Å². The van der Waals surface area contributed by atoms with Gasteiger partial charge in [0.05, 0.1) is 4.91 Å². The van der Waals surface area contributed by atoms with Gasteiger partial charge in [-0.3, -0.25) is 14.5 Å².